The van der Waals surface area contributed by atoms with Crippen LogP contribution in [0.2, 0.25) is 0 Å². The first-order valence-electron chi connectivity index (χ1n) is 8.53. The molecule has 132 valence electrons. The molecule has 7 nitrogen and oxygen atoms in total. The van der Waals surface area contributed by atoms with Gasteiger partial charge in [0.1, 0.15) is 11.6 Å². The molecule has 0 unspecified atom stereocenters. The first kappa shape index (κ1) is 16.3. The van der Waals surface area contributed by atoms with Crippen LogP contribution in [0.4, 0.5) is 0 Å². The second-order valence-electron chi connectivity index (χ2n) is 6.15. The van der Waals surface area contributed by atoms with Crippen molar-refractivity contribution in [2.75, 3.05) is 6.61 Å². The number of rotatable bonds is 5. The van der Waals surface area contributed by atoms with Gasteiger partial charge in [-0.25, -0.2) is 4.98 Å². The van der Waals surface area contributed by atoms with Crippen molar-refractivity contribution in [2.24, 2.45) is 0 Å². The number of hydrogen-bond donors (Lipinski definition) is 1. The van der Waals surface area contributed by atoms with Crippen LogP contribution in [0.5, 0.6) is 5.75 Å². The van der Waals surface area contributed by atoms with Crippen LogP contribution in [0.3, 0.4) is 0 Å². The van der Waals surface area contributed by atoms with Crippen molar-refractivity contribution < 1.29 is 9.53 Å². The Labute approximate surface area is 149 Å². The van der Waals surface area contributed by atoms with E-state index in [0.717, 1.165) is 24.4 Å². The second-order valence-corrected chi connectivity index (χ2v) is 6.15. The van der Waals surface area contributed by atoms with E-state index in [4.69, 9.17) is 4.74 Å². The fourth-order valence-electron chi connectivity index (χ4n) is 3.04. The third-order valence-electron chi connectivity index (χ3n) is 4.35. The molecule has 1 amide bonds. The number of fused-ring (bicyclic) bond motifs is 2. The smallest absolute Gasteiger partial charge is 0.261 e. The van der Waals surface area contributed by atoms with Gasteiger partial charge in [0.15, 0.2) is 6.61 Å². The molecule has 0 fully saturated rings. The zero-order valence-electron chi connectivity index (χ0n) is 14.1. The molecule has 1 aliphatic rings. The van der Waals surface area contributed by atoms with Crippen LogP contribution in [0.15, 0.2) is 47.4 Å². The lowest BCUT2D eigenvalue weighted by Crippen LogP contribution is -2.28. The number of nitrogens with one attached hydrogen (secondary N) is 1. The van der Waals surface area contributed by atoms with Gasteiger partial charge in [-0.3, -0.25) is 19.1 Å². The molecular formula is C19H18N4O3. The first-order chi connectivity index (χ1) is 12.7. The topological polar surface area (TPSA) is 86.1 Å². The van der Waals surface area contributed by atoms with Crippen LogP contribution >= 0.6 is 0 Å². The molecule has 7 heteroatoms. The molecule has 1 aliphatic heterocycles. The molecule has 3 aromatic rings. The summed E-state index contributed by atoms with van der Waals surface area (Å²) in [4.78, 5) is 33.2. The summed E-state index contributed by atoms with van der Waals surface area (Å²) < 4.78 is 7.24. The third kappa shape index (κ3) is 3.28. The molecule has 0 bridgehead atoms. The van der Waals surface area contributed by atoms with Crippen LogP contribution in [-0.2, 0) is 24.3 Å². The van der Waals surface area contributed by atoms with Crippen LogP contribution in [0, 0.1) is 0 Å². The Morgan fingerprint density at radius 2 is 2.19 bits per heavy atom. The van der Waals surface area contributed by atoms with E-state index < -0.39 is 0 Å². The highest BCUT2D eigenvalue weighted by Crippen LogP contribution is 2.19. The Bertz CT molecular complexity index is 1010. The summed E-state index contributed by atoms with van der Waals surface area (Å²) in [6.45, 7) is 0.925. The molecule has 0 atom stereocenters. The number of nitrogens with zero attached hydrogens (tertiary/aromatic N) is 3. The van der Waals surface area contributed by atoms with E-state index in [1.54, 1.807) is 29.0 Å². The number of carbonyl (C=O) groups excluding carboxylic acids is 1. The quantitative estimate of drug-likeness (QED) is 0.752. The predicted octanol–water partition coefficient (Wildman–Crippen LogP) is 1.43. The molecule has 1 aromatic carbocycles. The predicted molar refractivity (Wildman–Crippen MR) is 95.9 cm³/mol. The summed E-state index contributed by atoms with van der Waals surface area (Å²) in [5.41, 5.74) is 1.39. The number of benzene rings is 1. The van der Waals surface area contributed by atoms with Crippen molar-refractivity contribution in [3.05, 3.63) is 64.5 Å². The van der Waals surface area contributed by atoms with Gasteiger partial charge in [-0.1, -0.05) is 6.07 Å². The van der Waals surface area contributed by atoms with Gasteiger partial charge in [0.05, 0.1) is 23.1 Å². The van der Waals surface area contributed by atoms with Crippen molar-refractivity contribution in [3.63, 3.8) is 0 Å². The lowest BCUT2D eigenvalue weighted by Gasteiger charge is -2.09. The minimum absolute atomic E-state index is 0.0486. The zero-order valence-corrected chi connectivity index (χ0v) is 14.1. The van der Waals surface area contributed by atoms with E-state index in [9.17, 15) is 9.59 Å². The fourth-order valence-corrected chi connectivity index (χ4v) is 3.04. The average molecular weight is 350 g/mol. The van der Waals surface area contributed by atoms with Gasteiger partial charge in [0.25, 0.3) is 11.5 Å². The van der Waals surface area contributed by atoms with Gasteiger partial charge in [-0.05, 0) is 36.8 Å². The van der Waals surface area contributed by atoms with Gasteiger partial charge in [-0.2, -0.15) is 0 Å². The monoisotopic (exact) mass is 350 g/mol. The molecule has 26 heavy (non-hydrogen) atoms. The largest absolute Gasteiger partial charge is 0.484 e. The van der Waals surface area contributed by atoms with Crippen molar-refractivity contribution in [1.29, 1.82) is 0 Å². The van der Waals surface area contributed by atoms with Gasteiger partial charge >= 0.3 is 0 Å². The molecule has 0 radical (unpaired) electrons. The lowest BCUT2D eigenvalue weighted by molar-refractivity contribution is -0.123. The Kier molecular flexibility index (Phi) is 4.35. The number of ether oxygens (including phenoxy) is 1. The Hall–Kier alpha value is -3.22. The second kappa shape index (κ2) is 6.95. The number of aryl methyl sites for hydroxylation is 1. The van der Waals surface area contributed by atoms with Gasteiger partial charge < -0.3 is 10.1 Å². The Morgan fingerprint density at radius 3 is 3.04 bits per heavy atom. The van der Waals surface area contributed by atoms with Crippen LogP contribution in [0.25, 0.3) is 10.9 Å². The number of amides is 1. The highest BCUT2D eigenvalue weighted by atomic mass is 16.5. The standard InChI is InChI=1S/C19H18N4O3/c24-18(21-11-13-4-1-2-8-20-13)12-26-14-6-7-16-15(10-14)19(25)23-9-3-5-17(23)22-16/h1-2,4,6-8,10H,3,5,9,11-12H2,(H,21,24). The van der Waals surface area contributed by atoms with Gasteiger partial charge in [-0.15, -0.1) is 0 Å². The third-order valence-corrected chi connectivity index (χ3v) is 4.35. The molecule has 1 N–H and O–H groups in total. The minimum atomic E-state index is -0.250. The molecule has 0 spiro atoms. The number of carbonyl (C=O) groups is 1. The summed E-state index contributed by atoms with van der Waals surface area (Å²) in [7, 11) is 0. The average Bonchev–Trinajstić information content (AvgIpc) is 3.15. The summed E-state index contributed by atoms with van der Waals surface area (Å²) in [6, 6.07) is 10.7. The summed E-state index contributed by atoms with van der Waals surface area (Å²) in [5.74, 6) is 1.06. The number of aromatic nitrogens is 3. The van der Waals surface area contributed by atoms with Crippen LogP contribution < -0.4 is 15.6 Å². The Morgan fingerprint density at radius 1 is 1.27 bits per heavy atom. The molecule has 2 aromatic heterocycles. The van der Waals surface area contributed by atoms with Crippen molar-refractivity contribution in [1.82, 2.24) is 19.9 Å². The summed E-state index contributed by atoms with van der Waals surface area (Å²) >= 11 is 0. The molecule has 4 rings (SSSR count). The summed E-state index contributed by atoms with van der Waals surface area (Å²) in [5, 5.41) is 3.26. The highest BCUT2D eigenvalue weighted by molar-refractivity contribution is 5.80. The van der Waals surface area contributed by atoms with E-state index in [1.807, 2.05) is 18.2 Å². The maximum Gasteiger partial charge on any atom is 0.261 e. The van der Waals surface area contributed by atoms with Crippen molar-refractivity contribution >= 4 is 16.8 Å². The van der Waals surface area contributed by atoms with Crippen molar-refractivity contribution in [2.45, 2.75) is 25.9 Å². The zero-order chi connectivity index (χ0) is 17.9. The van der Waals surface area contributed by atoms with Crippen LogP contribution in [-0.4, -0.2) is 27.0 Å². The fraction of sp³-hybridized carbons (Fsp3) is 0.263. The van der Waals surface area contributed by atoms with Gasteiger partial charge in [0, 0.05) is 19.2 Å². The molecular weight excluding hydrogens is 332 g/mol. The lowest BCUT2D eigenvalue weighted by atomic mass is 10.2. The van der Waals surface area contributed by atoms with Crippen molar-refractivity contribution in [3.8, 4) is 5.75 Å². The molecule has 0 saturated heterocycles. The maximum atomic E-state index is 12.6. The normalized spacial score (nSPS) is 12.8. The van der Waals surface area contributed by atoms with E-state index in [0.29, 0.717) is 29.7 Å². The molecule has 3 heterocycles. The first-order valence-corrected chi connectivity index (χ1v) is 8.53. The number of hydrogen-bond acceptors (Lipinski definition) is 5. The Balaban J connectivity index is 1.43. The SMILES string of the molecule is O=C(COc1ccc2nc3n(c(=O)c2c1)CCC3)NCc1ccccn1. The van der Waals surface area contributed by atoms with E-state index in [-0.39, 0.29) is 18.1 Å². The molecule has 0 aliphatic carbocycles. The van der Waals surface area contributed by atoms with Gasteiger partial charge in [0.2, 0.25) is 0 Å². The maximum absolute atomic E-state index is 12.6. The minimum Gasteiger partial charge on any atom is -0.484 e. The summed E-state index contributed by atoms with van der Waals surface area (Å²) in [6.07, 6.45) is 3.45. The van der Waals surface area contributed by atoms with E-state index in [2.05, 4.69) is 15.3 Å². The molecule has 0 saturated carbocycles. The number of pyridine rings is 1. The van der Waals surface area contributed by atoms with E-state index >= 15 is 0 Å². The van der Waals surface area contributed by atoms with Crippen LogP contribution in [0.1, 0.15) is 17.9 Å². The van der Waals surface area contributed by atoms with E-state index in [1.165, 1.54) is 0 Å². The highest BCUT2D eigenvalue weighted by Gasteiger charge is 2.16.